The monoisotopic (exact) mass is 472 g/mol. The highest BCUT2D eigenvalue weighted by atomic mass is 32.2. The van der Waals surface area contributed by atoms with Crippen molar-refractivity contribution < 1.29 is 27.5 Å². The van der Waals surface area contributed by atoms with Crippen LogP contribution in [0.25, 0.3) is 11.3 Å². The van der Waals surface area contributed by atoms with Gasteiger partial charge in [-0.2, -0.15) is 0 Å². The predicted octanol–water partition coefficient (Wildman–Crippen LogP) is 3.59. The molecule has 3 aromatic rings. The van der Waals surface area contributed by atoms with Crippen LogP contribution < -0.4 is 14.8 Å². The number of aromatic nitrogens is 1. The maximum absolute atomic E-state index is 12.7. The molecule has 1 aromatic heterocycles. The van der Waals surface area contributed by atoms with E-state index in [0.717, 1.165) is 16.9 Å². The van der Waals surface area contributed by atoms with Gasteiger partial charge in [-0.25, -0.2) is 13.4 Å². The maximum atomic E-state index is 12.7. The van der Waals surface area contributed by atoms with Gasteiger partial charge in [-0.1, -0.05) is 41.7 Å². The number of sulfone groups is 1. The molecule has 32 heavy (non-hydrogen) atoms. The van der Waals surface area contributed by atoms with Crippen molar-refractivity contribution in [2.75, 3.05) is 24.3 Å². The number of thiazole rings is 1. The lowest BCUT2D eigenvalue weighted by Crippen LogP contribution is -2.18. The third kappa shape index (κ3) is 4.81. The number of benzene rings is 2. The predicted molar refractivity (Wildman–Crippen MR) is 120 cm³/mol. The van der Waals surface area contributed by atoms with Gasteiger partial charge in [-0.3, -0.25) is 9.59 Å². The quantitative estimate of drug-likeness (QED) is 0.523. The molecule has 1 aliphatic heterocycles. The minimum absolute atomic E-state index is 0.0639. The molecule has 0 saturated carbocycles. The van der Waals surface area contributed by atoms with E-state index < -0.39 is 15.7 Å². The lowest BCUT2D eigenvalue weighted by molar-refractivity contribution is -0.115. The number of ether oxygens (including phenoxy) is 2. The van der Waals surface area contributed by atoms with Gasteiger partial charge in [0.1, 0.15) is 13.2 Å². The lowest BCUT2D eigenvalue weighted by atomic mass is 10.1. The summed E-state index contributed by atoms with van der Waals surface area (Å²) in [6.45, 7) is 2.19. The van der Waals surface area contributed by atoms with E-state index in [4.69, 9.17) is 9.47 Å². The Balaban J connectivity index is 1.44. The van der Waals surface area contributed by atoms with Crippen molar-refractivity contribution in [2.24, 2.45) is 0 Å². The molecule has 0 aliphatic carbocycles. The molecular formula is C22H20N2O6S2. The number of carbonyl (C=O) groups excluding carboxylic acids is 2. The summed E-state index contributed by atoms with van der Waals surface area (Å²) in [6.07, 6.45) is -0.258. The molecule has 1 aliphatic rings. The van der Waals surface area contributed by atoms with Crippen LogP contribution in [0.3, 0.4) is 0 Å². The summed E-state index contributed by atoms with van der Waals surface area (Å²) in [5.41, 5.74) is 1.25. The summed E-state index contributed by atoms with van der Waals surface area (Å²) in [4.78, 5) is 29.3. The van der Waals surface area contributed by atoms with Crippen LogP contribution in [0.2, 0.25) is 0 Å². The number of nitrogens with zero attached hydrogens (tertiary/aromatic N) is 1. The van der Waals surface area contributed by atoms with Gasteiger partial charge in [0.05, 0.1) is 21.2 Å². The van der Waals surface area contributed by atoms with E-state index in [1.165, 1.54) is 19.1 Å². The largest absolute Gasteiger partial charge is 0.486 e. The first-order valence-corrected chi connectivity index (χ1v) is 12.3. The number of anilines is 1. The van der Waals surface area contributed by atoms with Gasteiger partial charge >= 0.3 is 0 Å². The van der Waals surface area contributed by atoms with E-state index in [-0.39, 0.29) is 28.0 Å². The summed E-state index contributed by atoms with van der Waals surface area (Å²) >= 11 is 1.06. The molecule has 8 nitrogen and oxygen atoms in total. The third-order valence-electron chi connectivity index (χ3n) is 4.71. The zero-order chi connectivity index (χ0) is 22.7. The second kappa shape index (κ2) is 9.09. The Kier molecular flexibility index (Phi) is 6.24. The van der Waals surface area contributed by atoms with Crippen LogP contribution in [0.1, 0.15) is 23.0 Å². The lowest BCUT2D eigenvalue weighted by Gasteiger charge is -2.18. The second-order valence-corrected chi connectivity index (χ2v) is 10.1. The second-order valence-electron chi connectivity index (χ2n) is 7.04. The van der Waals surface area contributed by atoms with Gasteiger partial charge in [0.25, 0.3) is 0 Å². The van der Waals surface area contributed by atoms with Crippen molar-refractivity contribution in [3.63, 3.8) is 0 Å². The van der Waals surface area contributed by atoms with Crippen LogP contribution in [-0.2, 0) is 14.6 Å². The summed E-state index contributed by atoms with van der Waals surface area (Å²) < 4.78 is 36.2. The summed E-state index contributed by atoms with van der Waals surface area (Å²) in [5, 5.41) is 2.85. The Morgan fingerprint density at radius 3 is 2.50 bits per heavy atom. The van der Waals surface area contributed by atoms with Crippen molar-refractivity contribution in [3.05, 3.63) is 53.4 Å². The summed E-state index contributed by atoms with van der Waals surface area (Å²) in [6, 6.07) is 13.6. The highest BCUT2D eigenvalue weighted by Crippen LogP contribution is 2.33. The molecule has 0 fully saturated rings. The van der Waals surface area contributed by atoms with Crippen molar-refractivity contribution in [2.45, 2.75) is 18.2 Å². The molecule has 0 unspecified atom stereocenters. The minimum atomic E-state index is -3.71. The maximum Gasteiger partial charge on any atom is 0.227 e. The van der Waals surface area contributed by atoms with E-state index >= 15 is 0 Å². The number of Topliss-reactive ketones (excluding diaryl/α,β-unsaturated/α-hetero) is 1. The Labute approximate surface area is 189 Å². The fourth-order valence-electron chi connectivity index (χ4n) is 3.15. The first kappa shape index (κ1) is 22.0. The average Bonchev–Trinajstić information content (AvgIpc) is 3.22. The molecular weight excluding hydrogens is 452 g/mol. The van der Waals surface area contributed by atoms with E-state index in [1.54, 1.807) is 6.07 Å². The topological polar surface area (TPSA) is 112 Å². The number of rotatable bonds is 7. The Morgan fingerprint density at radius 1 is 1.06 bits per heavy atom. The van der Waals surface area contributed by atoms with Crippen molar-refractivity contribution in [3.8, 4) is 22.8 Å². The van der Waals surface area contributed by atoms with Crippen LogP contribution in [-0.4, -0.2) is 44.1 Å². The molecule has 2 heterocycles. The van der Waals surface area contributed by atoms with Crippen molar-refractivity contribution in [1.82, 2.24) is 4.98 Å². The highest BCUT2D eigenvalue weighted by Gasteiger charge is 2.22. The van der Waals surface area contributed by atoms with E-state index in [1.807, 2.05) is 30.3 Å². The molecule has 0 atom stereocenters. The normalized spacial score (nSPS) is 12.9. The van der Waals surface area contributed by atoms with Crippen LogP contribution in [0, 0.1) is 0 Å². The van der Waals surface area contributed by atoms with Crippen LogP contribution >= 0.6 is 11.3 Å². The number of nitrogens with one attached hydrogen (secondary N) is 1. The molecule has 0 radical (unpaired) electrons. The number of fused-ring (bicyclic) bond motifs is 1. The third-order valence-corrected chi connectivity index (χ3v) is 7.50. The van der Waals surface area contributed by atoms with E-state index in [0.29, 0.717) is 35.3 Å². The average molecular weight is 473 g/mol. The zero-order valence-corrected chi connectivity index (χ0v) is 18.8. The first-order chi connectivity index (χ1) is 15.3. The van der Waals surface area contributed by atoms with Crippen molar-refractivity contribution in [1.29, 1.82) is 0 Å². The Morgan fingerprint density at radius 2 is 1.78 bits per heavy atom. The SMILES string of the molecule is CC(=O)c1sc(NC(=O)CCS(=O)(=O)c2ccc3c(c2)OCCO3)nc1-c1ccccc1. The van der Waals surface area contributed by atoms with Gasteiger partial charge in [0, 0.05) is 25.0 Å². The molecule has 2 aromatic carbocycles. The zero-order valence-electron chi connectivity index (χ0n) is 17.2. The number of amides is 1. The Hall–Kier alpha value is -3.24. The van der Waals surface area contributed by atoms with Gasteiger partial charge in [0.2, 0.25) is 5.91 Å². The minimum Gasteiger partial charge on any atom is -0.486 e. The Bertz CT molecular complexity index is 1270. The molecule has 1 N–H and O–H groups in total. The first-order valence-electron chi connectivity index (χ1n) is 9.83. The van der Waals surface area contributed by atoms with Gasteiger partial charge < -0.3 is 14.8 Å². The standard InChI is InChI=1S/C22H20N2O6S2/c1-14(25)21-20(15-5-3-2-4-6-15)24-22(31-21)23-19(26)9-12-32(27,28)16-7-8-17-18(13-16)30-11-10-29-17/h2-8,13H,9-12H2,1H3,(H,23,24,26). The van der Waals surface area contributed by atoms with E-state index in [9.17, 15) is 18.0 Å². The van der Waals surface area contributed by atoms with Gasteiger partial charge in [-0.15, -0.1) is 0 Å². The summed E-state index contributed by atoms with van der Waals surface area (Å²) in [5.74, 6) is -0.186. The van der Waals surface area contributed by atoms with Gasteiger partial charge in [0.15, 0.2) is 32.3 Å². The summed E-state index contributed by atoms with van der Waals surface area (Å²) in [7, 11) is -3.71. The van der Waals surface area contributed by atoms with E-state index in [2.05, 4.69) is 10.3 Å². The number of hydrogen-bond donors (Lipinski definition) is 1. The van der Waals surface area contributed by atoms with Crippen LogP contribution in [0.4, 0.5) is 5.13 Å². The number of hydrogen-bond acceptors (Lipinski definition) is 8. The van der Waals surface area contributed by atoms with Crippen LogP contribution in [0.5, 0.6) is 11.5 Å². The number of ketones is 1. The van der Waals surface area contributed by atoms with Crippen LogP contribution in [0.15, 0.2) is 53.4 Å². The molecule has 0 spiro atoms. The fraction of sp³-hybridized carbons (Fsp3) is 0.227. The molecule has 4 rings (SSSR count). The fourth-order valence-corrected chi connectivity index (χ4v) is 5.30. The van der Waals surface area contributed by atoms with Crippen molar-refractivity contribution >= 4 is 38.0 Å². The number of carbonyl (C=O) groups is 2. The molecule has 0 bridgehead atoms. The smallest absolute Gasteiger partial charge is 0.227 e. The highest BCUT2D eigenvalue weighted by molar-refractivity contribution is 7.91. The van der Waals surface area contributed by atoms with Gasteiger partial charge in [-0.05, 0) is 12.1 Å². The molecule has 10 heteroatoms. The molecule has 166 valence electrons. The molecule has 1 amide bonds. The molecule has 0 saturated heterocycles.